The Hall–Kier alpha value is -1.44. The number of fused-ring (bicyclic) bond motifs is 1. The second kappa shape index (κ2) is 6.36. The first-order valence-electron chi connectivity index (χ1n) is 7.72. The molecule has 1 atom stereocenters. The Morgan fingerprint density at radius 3 is 3.05 bits per heavy atom. The highest BCUT2D eigenvalue weighted by atomic mass is 32.2. The van der Waals surface area contributed by atoms with Crippen LogP contribution in [-0.4, -0.2) is 41.7 Å². The molecule has 0 bridgehead atoms. The van der Waals surface area contributed by atoms with Crippen LogP contribution in [-0.2, 0) is 16.6 Å². The fourth-order valence-electron chi connectivity index (χ4n) is 2.87. The summed E-state index contributed by atoms with van der Waals surface area (Å²) in [5.74, 6) is 0.434. The van der Waals surface area contributed by atoms with Crippen molar-refractivity contribution >= 4 is 15.9 Å². The van der Waals surface area contributed by atoms with E-state index in [0.717, 1.165) is 24.2 Å². The topological polar surface area (TPSA) is 66.7 Å². The minimum atomic E-state index is -3.37. The van der Waals surface area contributed by atoms with Gasteiger partial charge >= 0.3 is 0 Å². The Kier molecular flexibility index (Phi) is 4.46. The summed E-state index contributed by atoms with van der Waals surface area (Å²) in [5, 5.41) is 0. The van der Waals surface area contributed by atoms with Crippen LogP contribution < -0.4 is 4.72 Å². The van der Waals surface area contributed by atoms with Gasteiger partial charge in [0.05, 0.1) is 5.69 Å². The van der Waals surface area contributed by atoms with Crippen LogP contribution in [0, 0.1) is 5.92 Å². The molecule has 3 rings (SSSR count). The summed E-state index contributed by atoms with van der Waals surface area (Å²) in [7, 11) is -3.37. The molecule has 0 saturated carbocycles. The molecule has 0 amide bonds. The van der Waals surface area contributed by atoms with E-state index < -0.39 is 10.2 Å². The number of piperidine rings is 1. The van der Waals surface area contributed by atoms with Crippen LogP contribution in [0.15, 0.2) is 30.6 Å². The van der Waals surface area contributed by atoms with Crippen molar-refractivity contribution in [1.82, 2.24) is 18.4 Å². The highest BCUT2D eigenvalue weighted by Crippen LogP contribution is 2.17. The monoisotopic (exact) mass is 322 g/mol. The molecule has 2 aromatic heterocycles. The number of aromatic nitrogens is 2. The summed E-state index contributed by atoms with van der Waals surface area (Å²) in [5.41, 5.74) is 1.77. The second-order valence-corrected chi connectivity index (χ2v) is 7.71. The molecule has 2 aromatic rings. The molecule has 1 aliphatic rings. The molecular weight excluding hydrogens is 300 g/mol. The standard InChI is InChI=1S/C15H22N4O2S/c1-13-5-4-10-19(11-13)22(20,21)16-8-7-14-12-18-9-3-2-6-15(18)17-14/h2-3,6,9,12-13,16H,4-5,7-8,10-11H2,1H3. The number of nitrogens with zero attached hydrogens (tertiary/aromatic N) is 3. The van der Waals surface area contributed by atoms with Crippen LogP contribution in [0.25, 0.3) is 5.65 Å². The largest absolute Gasteiger partial charge is 0.307 e. The van der Waals surface area contributed by atoms with Gasteiger partial charge in [-0.3, -0.25) is 0 Å². The van der Waals surface area contributed by atoms with Crippen LogP contribution in [0.5, 0.6) is 0 Å². The zero-order chi connectivity index (χ0) is 15.6. The molecule has 0 aromatic carbocycles. The molecule has 120 valence electrons. The molecule has 3 heterocycles. The van der Waals surface area contributed by atoms with E-state index in [4.69, 9.17) is 0 Å². The fourth-order valence-corrected chi connectivity index (χ4v) is 4.23. The molecule has 1 N–H and O–H groups in total. The average Bonchev–Trinajstić information content (AvgIpc) is 2.89. The van der Waals surface area contributed by atoms with Gasteiger partial charge in [-0.05, 0) is 30.9 Å². The Balaban J connectivity index is 1.57. The third-order valence-electron chi connectivity index (χ3n) is 4.04. The molecule has 7 heteroatoms. The Labute approximate surface area is 131 Å². The lowest BCUT2D eigenvalue weighted by atomic mass is 10.0. The van der Waals surface area contributed by atoms with E-state index in [9.17, 15) is 8.42 Å². The SMILES string of the molecule is CC1CCCN(S(=O)(=O)NCCc2cn3ccccc3n2)C1. The van der Waals surface area contributed by atoms with Crippen LogP contribution in [0.3, 0.4) is 0 Å². The van der Waals surface area contributed by atoms with Crippen LogP contribution in [0.4, 0.5) is 0 Å². The minimum absolute atomic E-state index is 0.372. The molecule has 1 fully saturated rings. The molecule has 1 unspecified atom stereocenters. The van der Waals surface area contributed by atoms with Crippen LogP contribution in [0.1, 0.15) is 25.5 Å². The van der Waals surface area contributed by atoms with Crippen molar-refractivity contribution in [2.75, 3.05) is 19.6 Å². The van der Waals surface area contributed by atoms with Crippen molar-refractivity contribution in [3.05, 3.63) is 36.3 Å². The van der Waals surface area contributed by atoms with Crippen molar-refractivity contribution < 1.29 is 8.42 Å². The van der Waals surface area contributed by atoms with Gasteiger partial charge in [0.25, 0.3) is 10.2 Å². The highest BCUT2D eigenvalue weighted by Gasteiger charge is 2.26. The third-order valence-corrected chi connectivity index (χ3v) is 5.62. The van der Waals surface area contributed by atoms with Gasteiger partial charge in [-0.1, -0.05) is 13.0 Å². The van der Waals surface area contributed by atoms with E-state index >= 15 is 0 Å². The smallest absolute Gasteiger partial charge is 0.279 e. The number of hydrogen-bond donors (Lipinski definition) is 1. The van der Waals surface area contributed by atoms with Crippen molar-refractivity contribution in [3.8, 4) is 0 Å². The Bertz CT molecular complexity index is 708. The van der Waals surface area contributed by atoms with Crippen LogP contribution >= 0.6 is 0 Å². The summed E-state index contributed by atoms with van der Waals surface area (Å²) in [6.45, 7) is 3.70. The maximum absolute atomic E-state index is 12.3. The van der Waals surface area contributed by atoms with Crippen molar-refractivity contribution in [2.24, 2.45) is 5.92 Å². The van der Waals surface area contributed by atoms with Gasteiger partial charge in [0.1, 0.15) is 5.65 Å². The van der Waals surface area contributed by atoms with Crippen molar-refractivity contribution in [3.63, 3.8) is 0 Å². The molecule has 6 nitrogen and oxygen atoms in total. The zero-order valence-electron chi connectivity index (χ0n) is 12.8. The quantitative estimate of drug-likeness (QED) is 0.906. The number of pyridine rings is 1. The van der Waals surface area contributed by atoms with E-state index in [1.807, 2.05) is 35.0 Å². The van der Waals surface area contributed by atoms with E-state index in [1.54, 1.807) is 4.31 Å². The molecule has 0 spiro atoms. The van der Waals surface area contributed by atoms with Gasteiger partial charge in [-0.25, -0.2) is 9.71 Å². The van der Waals surface area contributed by atoms with Crippen molar-refractivity contribution in [2.45, 2.75) is 26.2 Å². The number of imidazole rings is 1. The maximum atomic E-state index is 12.3. The van der Waals surface area contributed by atoms with Gasteiger partial charge in [0.2, 0.25) is 0 Å². The van der Waals surface area contributed by atoms with Gasteiger partial charge in [-0.2, -0.15) is 12.7 Å². The maximum Gasteiger partial charge on any atom is 0.279 e. The van der Waals surface area contributed by atoms with Gasteiger partial charge < -0.3 is 4.40 Å². The predicted octanol–water partition coefficient (Wildman–Crippen LogP) is 1.44. The predicted molar refractivity (Wildman–Crippen MR) is 85.8 cm³/mol. The number of rotatable bonds is 5. The second-order valence-electron chi connectivity index (χ2n) is 5.95. The van der Waals surface area contributed by atoms with Gasteiger partial charge in [0, 0.05) is 38.4 Å². The number of hydrogen-bond acceptors (Lipinski definition) is 3. The molecular formula is C15H22N4O2S. The molecule has 22 heavy (non-hydrogen) atoms. The highest BCUT2D eigenvalue weighted by molar-refractivity contribution is 7.87. The first-order valence-corrected chi connectivity index (χ1v) is 9.16. The first kappa shape index (κ1) is 15.5. The fraction of sp³-hybridized carbons (Fsp3) is 0.533. The Morgan fingerprint density at radius 2 is 2.27 bits per heavy atom. The van der Waals surface area contributed by atoms with E-state index in [0.29, 0.717) is 32.0 Å². The van der Waals surface area contributed by atoms with E-state index in [2.05, 4.69) is 16.6 Å². The summed E-state index contributed by atoms with van der Waals surface area (Å²) in [4.78, 5) is 4.47. The third kappa shape index (κ3) is 3.48. The van der Waals surface area contributed by atoms with Gasteiger partial charge in [0.15, 0.2) is 0 Å². The normalized spacial score (nSPS) is 20.5. The molecule has 0 radical (unpaired) electrons. The van der Waals surface area contributed by atoms with Gasteiger partial charge in [-0.15, -0.1) is 0 Å². The lowest BCUT2D eigenvalue weighted by molar-refractivity contribution is 0.278. The zero-order valence-corrected chi connectivity index (χ0v) is 13.6. The average molecular weight is 322 g/mol. The first-order chi connectivity index (χ1) is 10.5. The molecule has 1 saturated heterocycles. The molecule has 1 aliphatic heterocycles. The number of nitrogens with one attached hydrogen (secondary N) is 1. The van der Waals surface area contributed by atoms with Crippen molar-refractivity contribution in [1.29, 1.82) is 0 Å². The van der Waals surface area contributed by atoms with E-state index in [1.165, 1.54) is 0 Å². The summed E-state index contributed by atoms with van der Waals surface area (Å²) in [6.07, 6.45) is 6.50. The minimum Gasteiger partial charge on any atom is -0.307 e. The lowest BCUT2D eigenvalue weighted by Gasteiger charge is -2.29. The Morgan fingerprint density at radius 1 is 1.41 bits per heavy atom. The summed E-state index contributed by atoms with van der Waals surface area (Å²) in [6, 6.07) is 5.81. The lowest BCUT2D eigenvalue weighted by Crippen LogP contribution is -2.46. The summed E-state index contributed by atoms with van der Waals surface area (Å²) >= 11 is 0. The van der Waals surface area contributed by atoms with E-state index in [-0.39, 0.29) is 0 Å². The van der Waals surface area contributed by atoms with Crippen LogP contribution in [0.2, 0.25) is 0 Å². The molecule has 0 aliphatic carbocycles. The summed E-state index contributed by atoms with van der Waals surface area (Å²) < 4.78 is 30.8.